The van der Waals surface area contributed by atoms with Crippen LogP contribution in [0.1, 0.15) is 17.3 Å². The van der Waals surface area contributed by atoms with E-state index < -0.39 is 0 Å². The van der Waals surface area contributed by atoms with Gasteiger partial charge in [-0.3, -0.25) is 0 Å². The zero-order valence-corrected chi connectivity index (χ0v) is 9.99. The molecule has 0 aliphatic heterocycles. The molecule has 1 aromatic heterocycles. The monoisotopic (exact) mass is 266 g/mol. The molecule has 1 aromatic carbocycles. The summed E-state index contributed by atoms with van der Waals surface area (Å²) in [4.78, 5) is 0. The fourth-order valence-electron chi connectivity index (χ4n) is 1.38. The molecule has 2 rings (SSSR count). The van der Waals surface area contributed by atoms with Gasteiger partial charge in [0.05, 0.1) is 0 Å². The summed E-state index contributed by atoms with van der Waals surface area (Å²) in [6.45, 7) is 1.80. The van der Waals surface area contributed by atoms with E-state index in [1.807, 2.05) is 18.2 Å². The Morgan fingerprint density at radius 1 is 1.20 bits per heavy atom. The van der Waals surface area contributed by atoms with Crippen molar-refractivity contribution in [1.82, 2.24) is 10.2 Å². The van der Waals surface area contributed by atoms with Gasteiger partial charge in [0.1, 0.15) is 0 Å². The summed E-state index contributed by atoms with van der Waals surface area (Å²) in [7, 11) is 0. The average molecular weight is 267 g/mol. The van der Waals surface area contributed by atoms with Gasteiger partial charge in [0.15, 0.2) is 0 Å². The lowest BCUT2D eigenvalue weighted by molar-refractivity contribution is 0.466. The fourth-order valence-corrected chi connectivity index (χ4v) is 1.86. The van der Waals surface area contributed by atoms with Crippen molar-refractivity contribution >= 4 is 15.9 Å². The van der Waals surface area contributed by atoms with E-state index in [9.17, 15) is 0 Å². The van der Waals surface area contributed by atoms with Crippen molar-refractivity contribution in [2.45, 2.75) is 19.8 Å². The first-order chi connectivity index (χ1) is 7.25. The van der Waals surface area contributed by atoms with Gasteiger partial charge in [-0.1, -0.05) is 34.1 Å². The molecule has 0 spiro atoms. The van der Waals surface area contributed by atoms with Crippen molar-refractivity contribution in [2.75, 3.05) is 0 Å². The van der Waals surface area contributed by atoms with Gasteiger partial charge < -0.3 is 4.42 Å². The molecule has 0 saturated carbocycles. The highest BCUT2D eigenvalue weighted by Gasteiger charge is 2.04. The van der Waals surface area contributed by atoms with Crippen molar-refractivity contribution in [2.24, 2.45) is 0 Å². The SMILES string of the molecule is Cc1nnc(CCc2ccccc2Br)o1. The number of aryl methyl sites for hydroxylation is 3. The van der Waals surface area contributed by atoms with Crippen LogP contribution in [0.4, 0.5) is 0 Å². The molecular weight excluding hydrogens is 256 g/mol. The first-order valence-electron chi connectivity index (χ1n) is 4.78. The standard InChI is InChI=1S/C11H11BrN2O/c1-8-13-14-11(15-8)7-6-9-4-2-3-5-10(9)12/h2-5H,6-7H2,1H3. The van der Waals surface area contributed by atoms with Gasteiger partial charge in [0.2, 0.25) is 11.8 Å². The molecule has 0 aliphatic carbocycles. The predicted octanol–water partition coefficient (Wildman–Crippen LogP) is 2.93. The molecule has 3 nitrogen and oxygen atoms in total. The lowest BCUT2D eigenvalue weighted by Gasteiger charge is -2.00. The minimum Gasteiger partial charge on any atom is -0.426 e. The number of benzene rings is 1. The van der Waals surface area contributed by atoms with Crippen molar-refractivity contribution in [1.29, 1.82) is 0 Å². The zero-order chi connectivity index (χ0) is 10.7. The summed E-state index contributed by atoms with van der Waals surface area (Å²) in [6.07, 6.45) is 1.69. The number of nitrogens with zero attached hydrogens (tertiary/aromatic N) is 2. The van der Waals surface area contributed by atoms with Crippen molar-refractivity contribution in [3.05, 3.63) is 46.1 Å². The highest BCUT2D eigenvalue weighted by Crippen LogP contribution is 2.17. The third kappa shape index (κ3) is 2.65. The van der Waals surface area contributed by atoms with Crippen LogP contribution in [0.25, 0.3) is 0 Å². The third-order valence-electron chi connectivity index (χ3n) is 2.13. The van der Waals surface area contributed by atoms with Crippen molar-refractivity contribution in [3.63, 3.8) is 0 Å². The molecule has 0 N–H and O–H groups in total. The summed E-state index contributed by atoms with van der Waals surface area (Å²) in [5.74, 6) is 1.32. The lowest BCUT2D eigenvalue weighted by atomic mass is 10.1. The predicted molar refractivity (Wildman–Crippen MR) is 60.6 cm³/mol. The van der Waals surface area contributed by atoms with Crippen LogP contribution in [0.5, 0.6) is 0 Å². The Bertz CT molecular complexity index is 453. The zero-order valence-electron chi connectivity index (χ0n) is 8.40. The summed E-state index contributed by atoms with van der Waals surface area (Å²) in [6, 6.07) is 8.16. The Morgan fingerprint density at radius 2 is 2.00 bits per heavy atom. The maximum atomic E-state index is 5.31. The van der Waals surface area contributed by atoms with Gasteiger partial charge in [0.25, 0.3) is 0 Å². The first kappa shape index (κ1) is 10.4. The Kier molecular flexibility index (Phi) is 3.16. The van der Waals surface area contributed by atoms with Crippen LogP contribution in [-0.4, -0.2) is 10.2 Å². The number of hydrogen-bond acceptors (Lipinski definition) is 3. The highest BCUT2D eigenvalue weighted by molar-refractivity contribution is 9.10. The second-order valence-corrected chi connectivity index (χ2v) is 4.16. The maximum Gasteiger partial charge on any atom is 0.216 e. The van der Waals surface area contributed by atoms with E-state index >= 15 is 0 Å². The summed E-state index contributed by atoms with van der Waals surface area (Å²) < 4.78 is 6.43. The van der Waals surface area contributed by atoms with Crippen LogP contribution >= 0.6 is 15.9 Å². The molecule has 2 aromatic rings. The van der Waals surface area contributed by atoms with Crippen molar-refractivity contribution in [3.8, 4) is 0 Å². The number of aromatic nitrogens is 2. The quantitative estimate of drug-likeness (QED) is 0.858. The largest absolute Gasteiger partial charge is 0.426 e. The average Bonchev–Trinajstić information content (AvgIpc) is 2.63. The van der Waals surface area contributed by atoms with Crippen LogP contribution < -0.4 is 0 Å². The van der Waals surface area contributed by atoms with E-state index in [2.05, 4.69) is 32.2 Å². The molecule has 0 unspecified atom stereocenters. The minimum atomic E-state index is 0.622. The molecule has 0 radical (unpaired) electrons. The van der Waals surface area contributed by atoms with E-state index in [0.29, 0.717) is 11.8 Å². The van der Waals surface area contributed by atoms with Crippen LogP contribution in [-0.2, 0) is 12.8 Å². The van der Waals surface area contributed by atoms with E-state index in [1.54, 1.807) is 6.92 Å². The van der Waals surface area contributed by atoms with Crippen LogP contribution in [0, 0.1) is 6.92 Å². The molecule has 1 heterocycles. The van der Waals surface area contributed by atoms with E-state index in [1.165, 1.54) is 5.56 Å². The molecule has 0 saturated heterocycles. The van der Waals surface area contributed by atoms with Gasteiger partial charge in [-0.15, -0.1) is 10.2 Å². The van der Waals surface area contributed by atoms with Gasteiger partial charge in [-0.25, -0.2) is 0 Å². The molecule has 0 fully saturated rings. The lowest BCUT2D eigenvalue weighted by Crippen LogP contribution is -1.92. The number of hydrogen-bond donors (Lipinski definition) is 0. The van der Waals surface area contributed by atoms with Gasteiger partial charge in [0, 0.05) is 17.8 Å². The van der Waals surface area contributed by atoms with E-state index in [4.69, 9.17) is 4.42 Å². The number of halogens is 1. The molecule has 78 valence electrons. The van der Waals surface area contributed by atoms with Gasteiger partial charge in [-0.2, -0.15) is 0 Å². The first-order valence-corrected chi connectivity index (χ1v) is 5.57. The topological polar surface area (TPSA) is 38.9 Å². The maximum absolute atomic E-state index is 5.31. The smallest absolute Gasteiger partial charge is 0.216 e. The van der Waals surface area contributed by atoms with E-state index in [0.717, 1.165) is 17.3 Å². The molecule has 0 bridgehead atoms. The second kappa shape index (κ2) is 4.57. The Morgan fingerprint density at radius 3 is 2.67 bits per heavy atom. The Balaban J connectivity index is 2.02. The summed E-state index contributed by atoms with van der Waals surface area (Å²) in [5.41, 5.74) is 1.26. The molecular formula is C11H11BrN2O. The van der Waals surface area contributed by atoms with Crippen molar-refractivity contribution < 1.29 is 4.42 Å². The minimum absolute atomic E-state index is 0.622. The second-order valence-electron chi connectivity index (χ2n) is 3.31. The Labute approximate surface area is 96.7 Å². The third-order valence-corrected chi connectivity index (χ3v) is 2.91. The van der Waals surface area contributed by atoms with E-state index in [-0.39, 0.29) is 0 Å². The fraction of sp³-hybridized carbons (Fsp3) is 0.273. The normalized spacial score (nSPS) is 10.5. The van der Waals surface area contributed by atoms with Crippen LogP contribution in [0.15, 0.2) is 33.2 Å². The highest BCUT2D eigenvalue weighted by atomic mass is 79.9. The summed E-state index contributed by atoms with van der Waals surface area (Å²) in [5, 5.41) is 7.75. The van der Waals surface area contributed by atoms with Gasteiger partial charge in [-0.05, 0) is 18.1 Å². The summed E-state index contributed by atoms with van der Waals surface area (Å²) >= 11 is 3.51. The molecule has 4 heteroatoms. The molecule has 0 atom stereocenters. The molecule has 0 aliphatic rings. The molecule has 0 amide bonds. The molecule has 15 heavy (non-hydrogen) atoms. The van der Waals surface area contributed by atoms with Crippen LogP contribution in [0.3, 0.4) is 0 Å². The Hall–Kier alpha value is -1.16. The van der Waals surface area contributed by atoms with Crippen LogP contribution in [0.2, 0.25) is 0 Å². The van der Waals surface area contributed by atoms with Gasteiger partial charge >= 0.3 is 0 Å². The number of rotatable bonds is 3.